The first-order chi connectivity index (χ1) is 8.45. The van der Waals surface area contributed by atoms with Crippen molar-refractivity contribution < 1.29 is 14.3 Å². The minimum Gasteiger partial charge on any atom is -0.444 e. The van der Waals surface area contributed by atoms with E-state index in [1.165, 1.54) is 13.8 Å². The third kappa shape index (κ3) is 3.32. The van der Waals surface area contributed by atoms with Crippen LogP contribution in [-0.4, -0.2) is 18.0 Å². The molecule has 0 heterocycles. The summed E-state index contributed by atoms with van der Waals surface area (Å²) < 4.78 is 4.91. The van der Waals surface area contributed by atoms with E-state index in [-0.39, 0.29) is 11.5 Å². The molecule has 0 aliphatic heterocycles. The summed E-state index contributed by atoms with van der Waals surface area (Å²) >= 11 is 0. The highest BCUT2D eigenvalue weighted by atomic mass is 16.5. The Labute approximate surface area is 105 Å². The molecule has 0 radical (unpaired) electrons. The molecule has 1 N–H and O–H groups in total. The SMILES string of the molecule is CC(=O)Nc1c(C)cccc1C(=O)O[C@@H](C)C#N. The highest BCUT2D eigenvalue weighted by Gasteiger charge is 2.17. The van der Waals surface area contributed by atoms with E-state index in [1.807, 2.05) is 6.07 Å². The van der Waals surface area contributed by atoms with Crippen LogP contribution in [0.4, 0.5) is 5.69 Å². The first kappa shape index (κ1) is 13.7. The van der Waals surface area contributed by atoms with E-state index in [9.17, 15) is 9.59 Å². The monoisotopic (exact) mass is 246 g/mol. The minimum atomic E-state index is -0.830. The van der Waals surface area contributed by atoms with Gasteiger partial charge in [-0.15, -0.1) is 0 Å². The van der Waals surface area contributed by atoms with Gasteiger partial charge in [0.2, 0.25) is 5.91 Å². The number of para-hydroxylation sites is 1. The largest absolute Gasteiger partial charge is 0.444 e. The number of anilines is 1. The topological polar surface area (TPSA) is 79.2 Å². The van der Waals surface area contributed by atoms with Crippen molar-refractivity contribution in [1.82, 2.24) is 0 Å². The molecule has 0 spiro atoms. The lowest BCUT2D eigenvalue weighted by molar-refractivity contribution is -0.114. The maximum atomic E-state index is 11.8. The van der Waals surface area contributed by atoms with Crippen molar-refractivity contribution in [2.45, 2.75) is 26.9 Å². The molecule has 1 amide bonds. The van der Waals surface area contributed by atoms with E-state index >= 15 is 0 Å². The molecule has 0 unspecified atom stereocenters. The minimum absolute atomic E-state index is 0.243. The number of nitriles is 1. The Hall–Kier alpha value is -2.35. The van der Waals surface area contributed by atoms with Gasteiger partial charge in [0.15, 0.2) is 6.10 Å². The van der Waals surface area contributed by atoms with Crippen molar-refractivity contribution in [2.24, 2.45) is 0 Å². The molecule has 0 aromatic heterocycles. The second-order valence-electron chi connectivity index (χ2n) is 3.86. The van der Waals surface area contributed by atoms with Gasteiger partial charge in [-0.1, -0.05) is 12.1 Å². The molecule has 0 aliphatic rings. The number of amides is 1. The molecule has 0 saturated heterocycles. The zero-order chi connectivity index (χ0) is 13.7. The van der Waals surface area contributed by atoms with Crippen LogP contribution >= 0.6 is 0 Å². The highest BCUT2D eigenvalue weighted by molar-refractivity contribution is 6.01. The fourth-order valence-corrected chi connectivity index (χ4v) is 1.43. The Morgan fingerprint density at radius 3 is 2.67 bits per heavy atom. The third-order valence-corrected chi connectivity index (χ3v) is 2.26. The van der Waals surface area contributed by atoms with Crippen molar-refractivity contribution >= 4 is 17.6 Å². The number of rotatable bonds is 3. The molecule has 1 aromatic carbocycles. The Kier molecular flexibility index (Phi) is 4.44. The molecule has 18 heavy (non-hydrogen) atoms. The van der Waals surface area contributed by atoms with Crippen LogP contribution in [0.3, 0.4) is 0 Å². The fourth-order valence-electron chi connectivity index (χ4n) is 1.43. The number of nitrogens with zero attached hydrogens (tertiary/aromatic N) is 1. The number of benzene rings is 1. The third-order valence-electron chi connectivity index (χ3n) is 2.26. The van der Waals surface area contributed by atoms with E-state index in [0.29, 0.717) is 5.69 Å². The average Bonchev–Trinajstić information content (AvgIpc) is 2.30. The number of hydrogen-bond donors (Lipinski definition) is 1. The summed E-state index contributed by atoms with van der Waals surface area (Å²) in [5.74, 6) is -0.900. The molecule has 5 nitrogen and oxygen atoms in total. The summed E-state index contributed by atoms with van der Waals surface area (Å²) in [6, 6.07) is 6.82. The van der Waals surface area contributed by atoms with E-state index in [1.54, 1.807) is 25.1 Å². The van der Waals surface area contributed by atoms with Gasteiger partial charge in [0.25, 0.3) is 0 Å². The van der Waals surface area contributed by atoms with Gasteiger partial charge in [-0.2, -0.15) is 5.26 Å². The Bertz CT molecular complexity index is 517. The molecule has 94 valence electrons. The maximum Gasteiger partial charge on any atom is 0.341 e. The van der Waals surface area contributed by atoms with E-state index in [4.69, 9.17) is 10.00 Å². The first-order valence-electron chi connectivity index (χ1n) is 5.43. The predicted octanol–water partition coefficient (Wildman–Crippen LogP) is 2.02. The number of carbonyl (C=O) groups is 2. The molecule has 0 saturated carbocycles. The van der Waals surface area contributed by atoms with Gasteiger partial charge in [-0.25, -0.2) is 4.79 Å². The number of nitrogens with one attached hydrogen (secondary N) is 1. The molecular weight excluding hydrogens is 232 g/mol. The zero-order valence-corrected chi connectivity index (χ0v) is 10.5. The molecule has 0 fully saturated rings. The molecule has 1 aromatic rings. The van der Waals surface area contributed by atoms with E-state index < -0.39 is 12.1 Å². The van der Waals surface area contributed by atoms with Gasteiger partial charge in [0.1, 0.15) is 6.07 Å². The standard InChI is InChI=1S/C13H14N2O3/c1-8-5-4-6-11(12(8)15-10(3)16)13(17)18-9(2)7-14/h4-6,9H,1-3H3,(H,15,16)/t9-/m0/s1. The summed E-state index contributed by atoms with van der Waals surface area (Å²) in [5, 5.41) is 11.2. The summed E-state index contributed by atoms with van der Waals surface area (Å²) in [5.41, 5.74) is 1.41. The van der Waals surface area contributed by atoms with Gasteiger partial charge in [-0.05, 0) is 25.5 Å². The maximum absolute atomic E-state index is 11.8. The van der Waals surface area contributed by atoms with Crippen LogP contribution in [0.15, 0.2) is 18.2 Å². The highest BCUT2D eigenvalue weighted by Crippen LogP contribution is 2.21. The first-order valence-corrected chi connectivity index (χ1v) is 5.43. The Morgan fingerprint density at radius 2 is 2.11 bits per heavy atom. The Morgan fingerprint density at radius 1 is 1.44 bits per heavy atom. The molecule has 0 aliphatic carbocycles. The number of aryl methyl sites for hydroxylation is 1. The lowest BCUT2D eigenvalue weighted by Crippen LogP contribution is -2.17. The summed E-state index contributed by atoms with van der Waals surface area (Å²) in [6.45, 7) is 4.61. The van der Waals surface area contributed by atoms with Gasteiger partial charge < -0.3 is 10.1 Å². The summed E-state index contributed by atoms with van der Waals surface area (Å²) in [4.78, 5) is 22.9. The summed E-state index contributed by atoms with van der Waals surface area (Å²) in [7, 11) is 0. The van der Waals surface area contributed by atoms with Crippen molar-refractivity contribution in [3.8, 4) is 6.07 Å². The van der Waals surface area contributed by atoms with Crippen LogP contribution in [0.25, 0.3) is 0 Å². The molecular formula is C13H14N2O3. The van der Waals surface area contributed by atoms with E-state index in [0.717, 1.165) is 5.56 Å². The predicted molar refractivity (Wildman–Crippen MR) is 66.0 cm³/mol. The van der Waals surface area contributed by atoms with Crippen molar-refractivity contribution in [2.75, 3.05) is 5.32 Å². The smallest absolute Gasteiger partial charge is 0.341 e. The number of esters is 1. The molecule has 1 rings (SSSR count). The van der Waals surface area contributed by atoms with Crippen LogP contribution in [0.5, 0.6) is 0 Å². The van der Waals surface area contributed by atoms with Crippen LogP contribution < -0.4 is 5.32 Å². The van der Waals surface area contributed by atoms with Crippen LogP contribution in [0.2, 0.25) is 0 Å². The van der Waals surface area contributed by atoms with Crippen LogP contribution in [0, 0.1) is 18.3 Å². The van der Waals surface area contributed by atoms with Crippen molar-refractivity contribution in [3.05, 3.63) is 29.3 Å². The lowest BCUT2D eigenvalue weighted by Gasteiger charge is -2.13. The number of ether oxygens (including phenoxy) is 1. The van der Waals surface area contributed by atoms with Crippen molar-refractivity contribution in [3.63, 3.8) is 0 Å². The number of carbonyl (C=O) groups excluding carboxylic acids is 2. The van der Waals surface area contributed by atoms with Gasteiger partial charge in [-0.3, -0.25) is 4.79 Å². The molecule has 1 atom stereocenters. The fraction of sp³-hybridized carbons (Fsp3) is 0.308. The quantitative estimate of drug-likeness (QED) is 0.827. The van der Waals surface area contributed by atoms with E-state index in [2.05, 4.69) is 5.32 Å². The van der Waals surface area contributed by atoms with Crippen molar-refractivity contribution in [1.29, 1.82) is 5.26 Å². The van der Waals surface area contributed by atoms with Crippen LogP contribution in [0.1, 0.15) is 29.8 Å². The second-order valence-corrected chi connectivity index (χ2v) is 3.86. The lowest BCUT2D eigenvalue weighted by atomic mass is 10.1. The molecule has 0 bridgehead atoms. The molecule has 5 heteroatoms. The van der Waals surface area contributed by atoms with Gasteiger partial charge >= 0.3 is 5.97 Å². The zero-order valence-electron chi connectivity index (χ0n) is 10.5. The summed E-state index contributed by atoms with van der Waals surface area (Å²) in [6.07, 6.45) is -0.830. The Balaban J connectivity index is 3.08. The van der Waals surface area contributed by atoms with Gasteiger partial charge in [0, 0.05) is 6.92 Å². The average molecular weight is 246 g/mol. The van der Waals surface area contributed by atoms with Gasteiger partial charge in [0.05, 0.1) is 11.3 Å². The number of hydrogen-bond acceptors (Lipinski definition) is 4. The van der Waals surface area contributed by atoms with Crippen LogP contribution in [-0.2, 0) is 9.53 Å². The second kappa shape index (κ2) is 5.82. The normalized spacial score (nSPS) is 11.2.